The van der Waals surface area contributed by atoms with Crippen LogP contribution in [0.25, 0.3) is 0 Å². The maximum atomic E-state index is 13.2. The minimum absolute atomic E-state index is 0.120. The van der Waals surface area contributed by atoms with Crippen LogP contribution in [-0.2, 0) is 9.53 Å². The van der Waals surface area contributed by atoms with Crippen molar-refractivity contribution in [2.24, 2.45) is 0 Å². The Labute approximate surface area is 99.1 Å². The van der Waals surface area contributed by atoms with Crippen LogP contribution in [-0.4, -0.2) is 18.4 Å². The van der Waals surface area contributed by atoms with E-state index in [2.05, 4.69) is 4.74 Å². The van der Waals surface area contributed by atoms with Gasteiger partial charge in [0.1, 0.15) is 10.8 Å². The number of rotatable bonds is 3. The van der Waals surface area contributed by atoms with Gasteiger partial charge in [0.2, 0.25) is 0 Å². The molecule has 0 aliphatic rings. The molecular weight excluding hydrogens is 261 g/mol. The molecule has 0 unspecified atom stereocenters. The molecule has 0 aromatic heterocycles. The van der Waals surface area contributed by atoms with Gasteiger partial charge in [-0.25, -0.2) is 18.0 Å². The molecular formula is C10H6ClF3O3. The van der Waals surface area contributed by atoms with E-state index in [1.807, 2.05) is 0 Å². The van der Waals surface area contributed by atoms with Gasteiger partial charge in [-0.05, 0) is 13.0 Å². The van der Waals surface area contributed by atoms with E-state index in [-0.39, 0.29) is 6.61 Å². The lowest BCUT2D eigenvalue weighted by Crippen LogP contribution is -2.19. The largest absolute Gasteiger partial charge is 0.460 e. The van der Waals surface area contributed by atoms with Crippen molar-refractivity contribution >= 4 is 23.4 Å². The van der Waals surface area contributed by atoms with Gasteiger partial charge in [-0.2, -0.15) is 0 Å². The zero-order valence-corrected chi connectivity index (χ0v) is 9.28. The second-order valence-electron chi connectivity index (χ2n) is 2.90. The summed E-state index contributed by atoms with van der Waals surface area (Å²) in [6, 6.07) is 0.347. The first-order valence-corrected chi connectivity index (χ1v) is 4.82. The number of esters is 1. The Bertz CT molecular complexity index is 488. The number of benzene rings is 1. The van der Waals surface area contributed by atoms with Crippen LogP contribution in [0, 0.1) is 17.5 Å². The van der Waals surface area contributed by atoms with E-state index in [4.69, 9.17) is 11.6 Å². The van der Waals surface area contributed by atoms with Crippen LogP contribution >= 0.6 is 11.6 Å². The summed E-state index contributed by atoms with van der Waals surface area (Å²) >= 11 is 5.08. The highest BCUT2D eigenvalue weighted by Gasteiger charge is 2.26. The number of hydrogen-bond acceptors (Lipinski definition) is 3. The lowest BCUT2D eigenvalue weighted by molar-refractivity contribution is -0.137. The molecule has 0 N–H and O–H groups in total. The third kappa shape index (κ3) is 2.58. The van der Waals surface area contributed by atoms with Crippen LogP contribution in [0.4, 0.5) is 13.2 Å². The number of hydrogen-bond donors (Lipinski definition) is 0. The van der Waals surface area contributed by atoms with Gasteiger partial charge >= 0.3 is 5.97 Å². The Balaban J connectivity index is 3.24. The summed E-state index contributed by atoms with van der Waals surface area (Å²) < 4.78 is 43.5. The smallest absolute Gasteiger partial charge is 0.379 e. The van der Waals surface area contributed by atoms with E-state index in [0.717, 1.165) is 0 Å². The van der Waals surface area contributed by atoms with Crippen LogP contribution in [0.5, 0.6) is 0 Å². The van der Waals surface area contributed by atoms with Crippen molar-refractivity contribution in [3.05, 3.63) is 34.1 Å². The Morgan fingerprint density at radius 2 is 1.88 bits per heavy atom. The fourth-order valence-electron chi connectivity index (χ4n) is 1.04. The molecule has 17 heavy (non-hydrogen) atoms. The maximum Gasteiger partial charge on any atom is 0.379 e. The highest BCUT2D eigenvalue weighted by molar-refractivity contribution is 6.41. The van der Waals surface area contributed by atoms with Gasteiger partial charge in [0.15, 0.2) is 11.6 Å². The second-order valence-corrected chi connectivity index (χ2v) is 3.28. The van der Waals surface area contributed by atoms with E-state index in [1.165, 1.54) is 6.92 Å². The first kappa shape index (κ1) is 13.5. The lowest BCUT2D eigenvalue weighted by atomic mass is 10.1. The molecule has 92 valence electrons. The molecule has 0 radical (unpaired) electrons. The first-order chi connectivity index (χ1) is 7.90. The van der Waals surface area contributed by atoms with Gasteiger partial charge in [0, 0.05) is 0 Å². The Morgan fingerprint density at radius 1 is 1.29 bits per heavy atom. The molecule has 0 amide bonds. The number of carbonyl (C=O) groups excluding carboxylic acids is 2. The SMILES string of the molecule is CCOC(=O)C(=O)c1cc(F)c(Cl)c(F)c1F. The summed E-state index contributed by atoms with van der Waals surface area (Å²) in [5.74, 6) is -7.61. The molecule has 0 spiro atoms. The van der Waals surface area contributed by atoms with Crippen molar-refractivity contribution in [3.63, 3.8) is 0 Å². The highest BCUT2D eigenvalue weighted by Crippen LogP contribution is 2.24. The molecule has 1 rings (SSSR count). The lowest BCUT2D eigenvalue weighted by Gasteiger charge is -2.05. The highest BCUT2D eigenvalue weighted by atomic mass is 35.5. The summed E-state index contributed by atoms with van der Waals surface area (Å²) in [5, 5.41) is -1.08. The average Bonchev–Trinajstić information content (AvgIpc) is 2.30. The van der Waals surface area contributed by atoms with Crippen LogP contribution in [0.1, 0.15) is 17.3 Å². The normalized spacial score (nSPS) is 10.2. The van der Waals surface area contributed by atoms with Crippen LogP contribution in [0.15, 0.2) is 6.07 Å². The van der Waals surface area contributed by atoms with Gasteiger partial charge in [-0.3, -0.25) is 4.79 Å². The number of halogens is 4. The quantitative estimate of drug-likeness (QED) is 0.278. The van der Waals surface area contributed by atoms with Gasteiger partial charge in [0.25, 0.3) is 5.78 Å². The minimum Gasteiger partial charge on any atom is -0.460 e. The van der Waals surface area contributed by atoms with Crippen LogP contribution in [0.3, 0.4) is 0 Å². The summed E-state index contributed by atoms with van der Waals surface area (Å²) in [4.78, 5) is 22.3. The average molecular weight is 267 g/mol. The molecule has 0 fully saturated rings. The van der Waals surface area contributed by atoms with E-state index in [9.17, 15) is 22.8 Å². The van der Waals surface area contributed by atoms with E-state index >= 15 is 0 Å². The summed E-state index contributed by atoms with van der Waals surface area (Å²) in [6.45, 7) is 1.30. The van der Waals surface area contributed by atoms with Crippen molar-refractivity contribution in [1.29, 1.82) is 0 Å². The molecule has 1 aromatic rings. The molecule has 0 saturated carbocycles. The van der Waals surface area contributed by atoms with E-state index in [1.54, 1.807) is 0 Å². The van der Waals surface area contributed by atoms with Gasteiger partial charge in [-0.15, -0.1) is 0 Å². The molecule has 0 atom stereocenters. The molecule has 0 bridgehead atoms. The Kier molecular flexibility index (Phi) is 4.11. The summed E-state index contributed by atoms with van der Waals surface area (Å²) in [6.07, 6.45) is 0. The van der Waals surface area contributed by atoms with E-state index in [0.29, 0.717) is 6.07 Å². The van der Waals surface area contributed by atoms with Crippen molar-refractivity contribution < 1.29 is 27.5 Å². The predicted octanol–water partition coefficient (Wildman–Crippen LogP) is 2.50. The van der Waals surface area contributed by atoms with Crippen LogP contribution in [0.2, 0.25) is 5.02 Å². The molecule has 3 nitrogen and oxygen atoms in total. The number of carbonyl (C=O) groups is 2. The second kappa shape index (κ2) is 5.18. The molecule has 7 heteroatoms. The van der Waals surface area contributed by atoms with Crippen LogP contribution < -0.4 is 0 Å². The third-order valence-electron chi connectivity index (χ3n) is 1.81. The van der Waals surface area contributed by atoms with Crippen molar-refractivity contribution in [3.8, 4) is 0 Å². The monoisotopic (exact) mass is 266 g/mol. The summed E-state index contributed by atoms with van der Waals surface area (Å²) in [5.41, 5.74) is -1.05. The van der Waals surface area contributed by atoms with Gasteiger partial charge in [0.05, 0.1) is 12.2 Å². The van der Waals surface area contributed by atoms with Crippen molar-refractivity contribution in [2.75, 3.05) is 6.61 Å². The molecule has 0 saturated heterocycles. The third-order valence-corrected chi connectivity index (χ3v) is 2.15. The number of Topliss-reactive ketones (excluding diaryl/α,β-unsaturated/α-hetero) is 1. The molecule has 0 aliphatic carbocycles. The minimum atomic E-state index is -1.72. The topological polar surface area (TPSA) is 43.4 Å². The molecule has 0 aliphatic heterocycles. The summed E-state index contributed by atoms with van der Waals surface area (Å²) in [7, 11) is 0. The van der Waals surface area contributed by atoms with Gasteiger partial charge in [-0.1, -0.05) is 11.6 Å². The Hall–Kier alpha value is -1.56. The van der Waals surface area contributed by atoms with Crippen molar-refractivity contribution in [1.82, 2.24) is 0 Å². The zero-order chi connectivity index (χ0) is 13.2. The predicted molar refractivity (Wildman–Crippen MR) is 52.3 cm³/mol. The van der Waals surface area contributed by atoms with Gasteiger partial charge < -0.3 is 4.74 Å². The fraction of sp³-hybridized carbons (Fsp3) is 0.200. The number of ketones is 1. The maximum absolute atomic E-state index is 13.2. The fourth-order valence-corrected chi connectivity index (χ4v) is 1.18. The standard InChI is InChI=1S/C10H6ClF3O3/c1-2-17-10(16)9(15)4-3-5(12)6(11)8(14)7(4)13/h3H,2H2,1H3. The Morgan fingerprint density at radius 3 is 2.41 bits per heavy atom. The molecule has 1 aromatic carbocycles. The number of ether oxygens (including phenoxy) is 1. The first-order valence-electron chi connectivity index (χ1n) is 4.44. The zero-order valence-electron chi connectivity index (χ0n) is 8.52. The van der Waals surface area contributed by atoms with E-state index < -0.39 is 39.8 Å². The van der Waals surface area contributed by atoms with Crippen molar-refractivity contribution in [2.45, 2.75) is 6.92 Å². The molecule has 0 heterocycles.